The zero-order chi connectivity index (χ0) is 20.8. The standard InChI is InChI=1S/C18H20N4O5/c1-9(2)14(20-10(3)23)17(25)21-12-6-4-11(5-7-12)15-19-8-13(18(26)27)16(24)22-15/h4-9,14H,1-3H3,(H,20,23)(H,21,25)(H,26,27)(H,19,22,24)/t14-/m0/s1/i3D. The van der Waals surface area contributed by atoms with Crippen LogP contribution in [0.25, 0.3) is 11.4 Å². The van der Waals surface area contributed by atoms with Crippen molar-refractivity contribution in [2.45, 2.75) is 26.8 Å². The first kappa shape index (κ1) is 18.3. The first-order chi connectivity index (χ1) is 13.2. The monoisotopic (exact) mass is 373 g/mol. The Kier molecular flexibility index (Phi) is 5.60. The van der Waals surface area contributed by atoms with E-state index in [2.05, 4.69) is 20.6 Å². The van der Waals surface area contributed by atoms with E-state index in [0.29, 0.717) is 11.3 Å². The molecule has 1 heterocycles. The quantitative estimate of drug-likeness (QED) is 0.600. The summed E-state index contributed by atoms with van der Waals surface area (Å²) in [5.41, 5.74) is -0.235. The van der Waals surface area contributed by atoms with Crippen LogP contribution in [0.2, 0.25) is 0 Å². The Hall–Kier alpha value is -3.49. The van der Waals surface area contributed by atoms with E-state index in [-0.39, 0.29) is 11.7 Å². The number of hydrogen-bond donors (Lipinski definition) is 4. The Morgan fingerprint density at radius 2 is 1.89 bits per heavy atom. The number of aromatic nitrogens is 2. The Morgan fingerprint density at radius 3 is 2.41 bits per heavy atom. The smallest absolute Gasteiger partial charge is 0.342 e. The molecule has 2 aromatic rings. The minimum absolute atomic E-state index is 0.170. The number of hydrogen-bond acceptors (Lipinski definition) is 5. The van der Waals surface area contributed by atoms with Gasteiger partial charge in [0.15, 0.2) is 0 Å². The van der Waals surface area contributed by atoms with Crippen LogP contribution in [-0.4, -0.2) is 38.9 Å². The third-order valence-corrected chi connectivity index (χ3v) is 3.72. The van der Waals surface area contributed by atoms with Gasteiger partial charge in [-0.25, -0.2) is 9.78 Å². The lowest BCUT2D eigenvalue weighted by Gasteiger charge is -2.21. The van der Waals surface area contributed by atoms with Crippen molar-refractivity contribution in [2.75, 3.05) is 5.32 Å². The summed E-state index contributed by atoms with van der Waals surface area (Å²) in [6, 6.07) is 5.59. The zero-order valence-corrected chi connectivity index (χ0v) is 14.8. The average molecular weight is 373 g/mol. The van der Waals surface area contributed by atoms with Crippen molar-refractivity contribution in [1.82, 2.24) is 15.3 Å². The molecule has 2 amide bonds. The lowest BCUT2D eigenvalue weighted by molar-refractivity contribution is -0.126. The topological polar surface area (TPSA) is 141 Å². The van der Waals surface area contributed by atoms with Crippen molar-refractivity contribution in [3.05, 3.63) is 46.4 Å². The number of benzene rings is 1. The second-order valence-corrected chi connectivity index (χ2v) is 6.14. The van der Waals surface area contributed by atoms with Gasteiger partial charge < -0.3 is 20.7 Å². The highest BCUT2D eigenvalue weighted by atomic mass is 16.4. The molecule has 0 aliphatic carbocycles. The van der Waals surface area contributed by atoms with Gasteiger partial charge in [-0.05, 0) is 30.2 Å². The Balaban J connectivity index is 2.15. The van der Waals surface area contributed by atoms with Gasteiger partial charge in [0.1, 0.15) is 17.4 Å². The van der Waals surface area contributed by atoms with Crippen molar-refractivity contribution in [3.8, 4) is 11.4 Å². The van der Waals surface area contributed by atoms with E-state index < -0.39 is 41.8 Å². The van der Waals surface area contributed by atoms with E-state index in [4.69, 9.17) is 6.48 Å². The Morgan fingerprint density at radius 1 is 1.22 bits per heavy atom. The van der Waals surface area contributed by atoms with Gasteiger partial charge in [0, 0.05) is 25.7 Å². The van der Waals surface area contributed by atoms with Crippen LogP contribution in [-0.2, 0) is 9.59 Å². The van der Waals surface area contributed by atoms with E-state index in [1.54, 1.807) is 38.1 Å². The van der Waals surface area contributed by atoms with Gasteiger partial charge in [0.2, 0.25) is 11.8 Å². The summed E-state index contributed by atoms with van der Waals surface area (Å²) in [4.78, 5) is 52.8. The summed E-state index contributed by atoms with van der Waals surface area (Å²) < 4.78 is 7.05. The molecule has 1 aromatic heterocycles. The molecule has 9 heteroatoms. The number of anilines is 1. The molecule has 0 aliphatic rings. The number of carboxylic acids is 1. The molecule has 2 rings (SSSR count). The van der Waals surface area contributed by atoms with Crippen LogP contribution in [0.5, 0.6) is 0 Å². The first-order valence-electron chi connectivity index (χ1n) is 8.76. The van der Waals surface area contributed by atoms with Gasteiger partial charge in [0.25, 0.3) is 5.56 Å². The van der Waals surface area contributed by atoms with Crippen LogP contribution < -0.4 is 16.2 Å². The van der Waals surface area contributed by atoms with Crippen molar-refractivity contribution in [1.29, 1.82) is 0 Å². The molecule has 27 heavy (non-hydrogen) atoms. The highest BCUT2D eigenvalue weighted by Crippen LogP contribution is 2.18. The molecular formula is C18H20N4O5. The fourth-order valence-electron chi connectivity index (χ4n) is 2.33. The van der Waals surface area contributed by atoms with Gasteiger partial charge in [-0.15, -0.1) is 0 Å². The second kappa shape index (κ2) is 8.26. The lowest BCUT2D eigenvalue weighted by atomic mass is 10.0. The van der Waals surface area contributed by atoms with Crippen LogP contribution >= 0.6 is 0 Å². The highest BCUT2D eigenvalue weighted by molar-refractivity contribution is 5.97. The Labute approximate surface area is 156 Å². The summed E-state index contributed by atoms with van der Waals surface area (Å²) in [5.74, 6) is -2.30. The second-order valence-electron chi connectivity index (χ2n) is 6.14. The van der Waals surface area contributed by atoms with Crippen molar-refractivity contribution >= 4 is 23.5 Å². The minimum atomic E-state index is -1.37. The highest BCUT2D eigenvalue weighted by Gasteiger charge is 2.23. The minimum Gasteiger partial charge on any atom is -0.477 e. The zero-order valence-electron chi connectivity index (χ0n) is 15.8. The summed E-state index contributed by atoms with van der Waals surface area (Å²) in [5, 5.41) is 14.1. The van der Waals surface area contributed by atoms with Crippen molar-refractivity contribution in [2.24, 2.45) is 5.92 Å². The van der Waals surface area contributed by atoms with E-state index in [0.717, 1.165) is 6.20 Å². The molecule has 0 bridgehead atoms. The van der Waals surface area contributed by atoms with Crippen molar-refractivity contribution in [3.63, 3.8) is 0 Å². The maximum atomic E-state index is 12.4. The van der Waals surface area contributed by atoms with Gasteiger partial charge >= 0.3 is 5.97 Å². The number of amides is 2. The Bertz CT molecular complexity index is 940. The number of aromatic carboxylic acids is 1. The van der Waals surface area contributed by atoms with Crippen LogP contribution in [0.15, 0.2) is 35.3 Å². The maximum absolute atomic E-state index is 12.4. The number of carboxylic acid groups (broad SMARTS) is 1. The maximum Gasteiger partial charge on any atom is 0.342 e. The van der Waals surface area contributed by atoms with Crippen LogP contribution in [0, 0.1) is 5.92 Å². The molecular weight excluding hydrogens is 352 g/mol. The molecule has 4 N–H and O–H groups in total. The molecule has 1 aromatic carbocycles. The van der Waals surface area contributed by atoms with Gasteiger partial charge in [0.05, 0.1) is 0 Å². The number of rotatable bonds is 6. The molecule has 0 aliphatic heterocycles. The van der Waals surface area contributed by atoms with Crippen LogP contribution in [0.3, 0.4) is 0 Å². The average Bonchev–Trinajstić information content (AvgIpc) is 2.65. The van der Waals surface area contributed by atoms with Crippen molar-refractivity contribution < 1.29 is 20.9 Å². The fraction of sp³-hybridized carbons (Fsp3) is 0.278. The third kappa shape index (κ3) is 5.00. The van der Waals surface area contributed by atoms with Crippen LogP contribution in [0.1, 0.15) is 32.5 Å². The molecule has 0 spiro atoms. The number of carbonyl (C=O) groups excluding carboxylic acids is 2. The lowest BCUT2D eigenvalue weighted by Crippen LogP contribution is -2.46. The summed E-state index contributed by atoms with van der Waals surface area (Å²) in [6.45, 7) is 3.10. The van der Waals surface area contributed by atoms with E-state index in [9.17, 15) is 19.2 Å². The molecule has 0 radical (unpaired) electrons. The van der Waals surface area contributed by atoms with Gasteiger partial charge in [-0.2, -0.15) is 0 Å². The summed E-state index contributed by atoms with van der Waals surface area (Å²) >= 11 is 0. The van der Waals surface area contributed by atoms with E-state index in [1.165, 1.54) is 0 Å². The summed E-state index contributed by atoms with van der Waals surface area (Å²) in [7, 11) is 0. The first-order valence-corrected chi connectivity index (χ1v) is 8.05. The number of aromatic amines is 1. The molecule has 0 unspecified atom stereocenters. The molecule has 1 atom stereocenters. The van der Waals surface area contributed by atoms with Crippen LogP contribution in [0.4, 0.5) is 5.69 Å². The number of nitrogens with zero attached hydrogens (tertiary/aromatic N) is 1. The molecule has 0 fully saturated rings. The molecule has 0 saturated heterocycles. The number of H-pyrrole nitrogens is 1. The fourth-order valence-corrected chi connectivity index (χ4v) is 2.33. The summed E-state index contributed by atoms with van der Waals surface area (Å²) in [6.07, 6.45) is 0.981. The molecule has 0 saturated carbocycles. The van der Waals surface area contributed by atoms with Gasteiger partial charge in [-0.3, -0.25) is 14.4 Å². The van der Waals surface area contributed by atoms with Gasteiger partial charge in [-0.1, -0.05) is 13.8 Å². The molecule has 142 valence electrons. The predicted octanol–water partition coefficient (Wildman–Crippen LogP) is 1.23. The van der Waals surface area contributed by atoms with E-state index >= 15 is 0 Å². The SMILES string of the molecule is [2H]CC(=O)N[C@H](C(=O)Nc1ccc(-c2ncc(C(=O)O)c(=O)[nH]2)cc1)C(C)C. The normalized spacial score (nSPS) is 12.2. The third-order valence-electron chi connectivity index (χ3n) is 3.72. The number of nitrogens with one attached hydrogen (secondary N) is 3. The van der Waals surface area contributed by atoms with E-state index in [1.807, 2.05) is 0 Å². The number of carbonyl (C=O) groups is 3. The largest absolute Gasteiger partial charge is 0.477 e. The molecule has 9 nitrogen and oxygen atoms in total. The predicted molar refractivity (Wildman–Crippen MR) is 98.3 cm³/mol.